The molecule has 1 atom stereocenters. The fourth-order valence-corrected chi connectivity index (χ4v) is 2.05. The van der Waals surface area contributed by atoms with Gasteiger partial charge in [-0.3, -0.25) is 10.5 Å². The predicted octanol–water partition coefficient (Wildman–Crippen LogP) is 1.83. The Labute approximate surface area is 102 Å². The molecule has 1 fully saturated rings. The van der Waals surface area contributed by atoms with Gasteiger partial charge < -0.3 is 9.64 Å². The average Bonchev–Trinajstić information content (AvgIpc) is 2.28. The van der Waals surface area contributed by atoms with E-state index in [0.29, 0.717) is 19.7 Å². The van der Waals surface area contributed by atoms with Gasteiger partial charge in [-0.15, -0.1) is 0 Å². The maximum absolute atomic E-state index is 11.7. The third-order valence-corrected chi connectivity index (χ3v) is 2.97. The normalized spacial score (nSPS) is 20.1. The standard InChI is InChI=1S/C12H21N2O3/c1-2-3-7-17-12(16)14-6-4-5-10(9-14)8-11(13)15/h10,13H,2-9H2,1H3. The Morgan fingerprint density at radius 3 is 2.88 bits per heavy atom. The molecule has 0 aromatic carbocycles. The van der Waals surface area contributed by atoms with E-state index in [4.69, 9.17) is 10.5 Å². The molecule has 2 amide bonds. The Morgan fingerprint density at radius 1 is 1.47 bits per heavy atom. The van der Waals surface area contributed by atoms with Gasteiger partial charge in [-0.1, -0.05) is 13.3 Å². The van der Waals surface area contributed by atoms with Crippen molar-refractivity contribution in [3.8, 4) is 0 Å². The lowest BCUT2D eigenvalue weighted by Gasteiger charge is -2.31. The van der Waals surface area contributed by atoms with E-state index in [1.54, 1.807) is 4.90 Å². The third-order valence-electron chi connectivity index (χ3n) is 2.97. The first-order chi connectivity index (χ1) is 8.13. The Kier molecular flexibility index (Phi) is 5.80. The summed E-state index contributed by atoms with van der Waals surface area (Å²) in [5, 5.41) is 0. The molecule has 1 aliphatic rings. The molecule has 0 aliphatic carbocycles. The largest absolute Gasteiger partial charge is 0.449 e. The van der Waals surface area contributed by atoms with Gasteiger partial charge in [-0.2, -0.15) is 0 Å². The van der Waals surface area contributed by atoms with Gasteiger partial charge in [0.2, 0.25) is 5.91 Å². The molecule has 1 aliphatic heterocycles. The summed E-state index contributed by atoms with van der Waals surface area (Å²) in [7, 11) is 0. The van der Waals surface area contributed by atoms with E-state index in [1.807, 2.05) is 6.92 Å². The molecular weight excluding hydrogens is 220 g/mol. The molecule has 5 nitrogen and oxygen atoms in total. The molecule has 1 heterocycles. The lowest BCUT2D eigenvalue weighted by Crippen LogP contribution is -2.41. The van der Waals surface area contributed by atoms with Crippen molar-refractivity contribution in [1.29, 1.82) is 0 Å². The van der Waals surface area contributed by atoms with Crippen molar-refractivity contribution in [3.63, 3.8) is 0 Å². The van der Waals surface area contributed by atoms with Gasteiger partial charge in [-0.05, 0) is 25.2 Å². The Bertz CT molecular complexity index is 268. The number of likely N-dealkylation sites (tertiary alicyclic amines) is 1. The second kappa shape index (κ2) is 7.14. The zero-order valence-corrected chi connectivity index (χ0v) is 10.4. The van der Waals surface area contributed by atoms with Crippen molar-refractivity contribution in [2.45, 2.75) is 39.0 Å². The van der Waals surface area contributed by atoms with Crippen molar-refractivity contribution in [2.24, 2.45) is 5.92 Å². The van der Waals surface area contributed by atoms with E-state index in [2.05, 4.69) is 0 Å². The number of hydrogen-bond donors (Lipinski definition) is 0. The van der Waals surface area contributed by atoms with Crippen LogP contribution in [0.2, 0.25) is 0 Å². The van der Waals surface area contributed by atoms with E-state index < -0.39 is 5.91 Å². The highest BCUT2D eigenvalue weighted by Crippen LogP contribution is 2.20. The van der Waals surface area contributed by atoms with Crippen LogP contribution in [0.25, 0.3) is 0 Å². The Hall–Kier alpha value is -1.26. The van der Waals surface area contributed by atoms with Crippen LogP contribution in [0.1, 0.15) is 39.0 Å². The SMILES string of the molecule is CCCCOC(=O)N1CCCC(CC([NH])=O)C1. The number of carbonyl (C=O) groups excluding carboxylic acids is 2. The highest BCUT2D eigenvalue weighted by Gasteiger charge is 2.25. The van der Waals surface area contributed by atoms with Gasteiger partial charge in [0, 0.05) is 19.5 Å². The molecule has 0 spiro atoms. The second-order valence-electron chi connectivity index (χ2n) is 4.55. The van der Waals surface area contributed by atoms with Crippen LogP contribution in [0.5, 0.6) is 0 Å². The van der Waals surface area contributed by atoms with E-state index in [1.165, 1.54) is 0 Å². The summed E-state index contributed by atoms with van der Waals surface area (Å²) in [6, 6.07) is 0. The van der Waals surface area contributed by atoms with Crippen LogP contribution in [-0.4, -0.2) is 36.6 Å². The number of carbonyl (C=O) groups is 2. The maximum atomic E-state index is 11.7. The van der Waals surface area contributed by atoms with Crippen LogP contribution >= 0.6 is 0 Å². The minimum Gasteiger partial charge on any atom is -0.449 e. The fourth-order valence-electron chi connectivity index (χ4n) is 2.05. The zero-order chi connectivity index (χ0) is 12.7. The predicted molar refractivity (Wildman–Crippen MR) is 63.3 cm³/mol. The number of unbranched alkanes of at least 4 members (excludes halogenated alkanes) is 1. The first-order valence-electron chi connectivity index (χ1n) is 6.29. The van der Waals surface area contributed by atoms with Crippen LogP contribution in [0, 0.1) is 5.92 Å². The molecule has 0 saturated carbocycles. The minimum absolute atomic E-state index is 0.132. The topological polar surface area (TPSA) is 70.4 Å². The monoisotopic (exact) mass is 241 g/mol. The first-order valence-corrected chi connectivity index (χ1v) is 6.29. The molecular formula is C12H21N2O3. The Balaban J connectivity index is 2.32. The van der Waals surface area contributed by atoms with E-state index in [0.717, 1.165) is 25.7 Å². The number of piperidine rings is 1. The van der Waals surface area contributed by atoms with Crippen LogP contribution in [0.3, 0.4) is 0 Å². The number of rotatable bonds is 5. The second-order valence-corrected chi connectivity index (χ2v) is 4.55. The molecule has 17 heavy (non-hydrogen) atoms. The van der Waals surface area contributed by atoms with E-state index >= 15 is 0 Å². The van der Waals surface area contributed by atoms with Crippen LogP contribution in [-0.2, 0) is 9.53 Å². The summed E-state index contributed by atoms with van der Waals surface area (Å²) in [5.74, 6) is -0.413. The van der Waals surface area contributed by atoms with Gasteiger partial charge in [0.05, 0.1) is 6.61 Å². The highest BCUT2D eigenvalue weighted by atomic mass is 16.6. The lowest BCUT2D eigenvalue weighted by atomic mass is 9.95. The molecule has 1 saturated heterocycles. The van der Waals surface area contributed by atoms with Gasteiger partial charge in [0.1, 0.15) is 0 Å². The Morgan fingerprint density at radius 2 is 2.24 bits per heavy atom. The van der Waals surface area contributed by atoms with Crippen LogP contribution in [0.15, 0.2) is 0 Å². The highest BCUT2D eigenvalue weighted by molar-refractivity contribution is 5.73. The van der Waals surface area contributed by atoms with Gasteiger partial charge in [0.15, 0.2) is 0 Å². The summed E-state index contributed by atoms with van der Waals surface area (Å²) >= 11 is 0. The fraction of sp³-hybridized carbons (Fsp3) is 0.833. The maximum Gasteiger partial charge on any atom is 0.409 e. The van der Waals surface area contributed by atoms with Crippen molar-refractivity contribution >= 4 is 12.0 Å². The lowest BCUT2D eigenvalue weighted by molar-refractivity contribution is -0.119. The molecule has 1 unspecified atom stereocenters. The van der Waals surface area contributed by atoms with Crippen molar-refractivity contribution in [1.82, 2.24) is 10.6 Å². The number of hydrogen-bond acceptors (Lipinski definition) is 3. The summed E-state index contributed by atoms with van der Waals surface area (Å²) < 4.78 is 5.13. The van der Waals surface area contributed by atoms with Gasteiger partial charge >= 0.3 is 6.09 Å². The zero-order valence-electron chi connectivity index (χ0n) is 10.4. The summed E-state index contributed by atoms with van der Waals surface area (Å²) in [5.41, 5.74) is 6.95. The summed E-state index contributed by atoms with van der Waals surface area (Å²) in [6.45, 7) is 3.77. The number of nitrogens with zero attached hydrogens (tertiary/aromatic N) is 1. The van der Waals surface area contributed by atoms with Crippen LogP contribution in [0.4, 0.5) is 4.79 Å². The summed E-state index contributed by atoms with van der Waals surface area (Å²) in [4.78, 5) is 24.1. The molecule has 0 aromatic rings. The smallest absolute Gasteiger partial charge is 0.409 e. The average molecular weight is 241 g/mol. The summed E-state index contributed by atoms with van der Waals surface area (Å²) in [6.07, 6.45) is 3.67. The van der Waals surface area contributed by atoms with E-state index in [9.17, 15) is 9.59 Å². The molecule has 1 radical (unpaired) electrons. The van der Waals surface area contributed by atoms with Crippen molar-refractivity contribution < 1.29 is 14.3 Å². The van der Waals surface area contributed by atoms with Crippen molar-refractivity contribution in [2.75, 3.05) is 19.7 Å². The number of ether oxygens (including phenoxy) is 1. The quantitative estimate of drug-likeness (QED) is 0.689. The van der Waals surface area contributed by atoms with Crippen LogP contribution < -0.4 is 5.73 Å². The molecule has 1 rings (SSSR count). The minimum atomic E-state index is -0.545. The first kappa shape index (κ1) is 13.8. The molecule has 1 N–H and O–H groups in total. The molecule has 0 aromatic heterocycles. The molecule has 5 heteroatoms. The van der Waals surface area contributed by atoms with E-state index in [-0.39, 0.29) is 18.4 Å². The van der Waals surface area contributed by atoms with Gasteiger partial charge in [0.25, 0.3) is 0 Å². The van der Waals surface area contributed by atoms with Crippen molar-refractivity contribution in [3.05, 3.63) is 0 Å². The third kappa shape index (κ3) is 5.06. The number of amides is 2. The molecule has 97 valence electrons. The number of nitrogens with one attached hydrogen (secondary N) is 1. The molecule has 0 bridgehead atoms. The van der Waals surface area contributed by atoms with Gasteiger partial charge in [-0.25, -0.2) is 4.79 Å².